The molecule has 2 rings (SSSR count). The first-order chi connectivity index (χ1) is 9.03. The number of benzene rings is 1. The number of nitrogens with one attached hydrogen (secondary N) is 1. The van der Waals surface area contributed by atoms with E-state index in [0.717, 1.165) is 32.1 Å². The van der Waals surface area contributed by atoms with Gasteiger partial charge in [-0.25, -0.2) is 0 Å². The van der Waals surface area contributed by atoms with Crippen LogP contribution in [0.2, 0.25) is 0 Å². The molecule has 0 aromatic heterocycles. The summed E-state index contributed by atoms with van der Waals surface area (Å²) < 4.78 is 0. The fraction of sp³-hybridized carbons (Fsp3) is 0.588. The van der Waals surface area contributed by atoms with E-state index in [1.54, 1.807) is 0 Å². The molecule has 1 atom stereocenters. The molecule has 0 heterocycles. The van der Waals surface area contributed by atoms with Gasteiger partial charge in [0.2, 0.25) is 5.91 Å². The largest absolute Gasteiger partial charge is 0.351 e. The standard InChI is InChI=1S/C17H25NO/c1-4-12-17(2,3)18-16(19)15-11-7-9-13-8-5-6-10-14(13)15/h5-6,8,10,15H,4,7,9,11-12H2,1-3H3,(H,18,19)/t15-/m1/s1. The van der Waals surface area contributed by atoms with Gasteiger partial charge in [0.05, 0.1) is 5.92 Å². The minimum absolute atomic E-state index is 0.0427. The summed E-state index contributed by atoms with van der Waals surface area (Å²) in [4.78, 5) is 12.5. The summed E-state index contributed by atoms with van der Waals surface area (Å²) >= 11 is 0. The zero-order valence-corrected chi connectivity index (χ0v) is 12.3. The molecule has 0 aliphatic heterocycles. The maximum Gasteiger partial charge on any atom is 0.227 e. The third-order valence-electron chi connectivity index (χ3n) is 4.02. The second-order valence-corrected chi connectivity index (χ2v) is 6.27. The summed E-state index contributed by atoms with van der Waals surface area (Å²) in [5.74, 6) is 0.242. The van der Waals surface area contributed by atoms with Crippen LogP contribution in [0.15, 0.2) is 24.3 Å². The van der Waals surface area contributed by atoms with E-state index in [9.17, 15) is 4.79 Å². The zero-order valence-electron chi connectivity index (χ0n) is 12.3. The second-order valence-electron chi connectivity index (χ2n) is 6.27. The Kier molecular flexibility index (Phi) is 4.28. The topological polar surface area (TPSA) is 29.1 Å². The molecule has 0 unspecified atom stereocenters. The third kappa shape index (κ3) is 3.37. The molecule has 0 saturated heterocycles. The van der Waals surface area contributed by atoms with Crippen molar-refractivity contribution >= 4 is 5.91 Å². The van der Waals surface area contributed by atoms with Crippen molar-refractivity contribution in [3.63, 3.8) is 0 Å². The quantitative estimate of drug-likeness (QED) is 0.875. The molecule has 1 N–H and O–H groups in total. The van der Waals surface area contributed by atoms with Gasteiger partial charge < -0.3 is 5.32 Å². The van der Waals surface area contributed by atoms with E-state index in [2.05, 4.69) is 44.3 Å². The summed E-state index contributed by atoms with van der Waals surface area (Å²) in [5, 5.41) is 3.23. The molecular formula is C17H25NO. The molecule has 104 valence electrons. The average Bonchev–Trinajstić information content (AvgIpc) is 2.37. The van der Waals surface area contributed by atoms with E-state index in [1.165, 1.54) is 11.1 Å². The number of carbonyl (C=O) groups is 1. The van der Waals surface area contributed by atoms with Crippen LogP contribution in [0.3, 0.4) is 0 Å². The van der Waals surface area contributed by atoms with Crippen molar-refractivity contribution in [2.75, 3.05) is 0 Å². The summed E-state index contributed by atoms with van der Waals surface area (Å²) in [5.41, 5.74) is 2.49. The van der Waals surface area contributed by atoms with E-state index < -0.39 is 0 Å². The van der Waals surface area contributed by atoms with Crippen molar-refractivity contribution in [2.45, 2.75) is 64.3 Å². The van der Waals surface area contributed by atoms with Crippen LogP contribution >= 0.6 is 0 Å². The van der Waals surface area contributed by atoms with Crippen molar-refractivity contribution in [1.82, 2.24) is 5.32 Å². The third-order valence-corrected chi connectivity index (χ3v) is 4.02. The fourth-order valence-corrected chi connectivity index (χ4v) is 3.13. The number of amides is 1. The summed E-state index contributed by atoms with van der Waals surface area (Å²) in [6.07, 6.45) is 5.31. The van der Waals surface area contributed by atoms with Crippen molar-refractivity contribution in [3.8, 4) is 0 Å². The highest BCUT2D eigenvalue weighted by atomic mass is 16.2. The second kappa shape index (κ2) is 5.77. The lowest BCUT2D eigenvalue weighted by atomic mass is 9.82. The van der Waals surface area contributed by atoms with Crippen LogP contribution in [-0.2, 0) is 11.2 Å². The Hall–Kier alpha value is -1.31. The molecule has 0 bridgehead atoms. The van der Waals surface area contributed by atoms with Gasteiger partial charge >= 0.3 is 0 Å². The Morgan fingerprint density at radius 1 is 1.37 bits per heavy atom. The highest BCUT2D eigenvalue weighted by Crippen LogP contribution is 2.32. The van der Waals surface area contributed by atoms with Crippen molar-refractivity contribution in [3.05, 3.63) is 35.4 Å². The first-order valence-electron chi connectivity index (χ1n) is 7.43. The molecule has 1 aliphatic carbocycles. The lowest BCUT2D eigenvalue weighted by Gasteiger charge is -2.31. The summed E-state index contributed by atoms with van der Waals surface area (Å²) in [6, 6.07) is 8.39. The van der Waals surface area contributed by atoms with Crippen LogP contribution < -0.4 is 5.32 Å². The van der Waals surface area contributed by atoms with E-state index in [-0.39, 0.29) is 17.4 Å². The van der Waals surface area contributed by atoms with Gasteiger partial charge in [-0.2, -0.15) is 0 Å². The van der Waals surface area contributed by atoms with E-state index in [4.69, 9.17) is 0 Å². The fourth-order valence-electron chi connectivity index (χ4n) is 3.13. The van der Waals surface area contributed by atoms with Gasteiger partial charge in [0.1, 0.15) is 0 Å². The van der Waals surface area contributed by atoms with Gasteiger partial charge in [0.15, 0.2) is 0 Å². The predicted octanol–water partition coefficient (Wildman–Crippen LogP) is 3.80. The maximum absolute atomic E-state index is 12.5. The molecule has 0 saturated carbocycles. The van der Waals surface area contributed by atoms with E-state index in [0.29, 0.717) is 0 Å². The SMILES string of the molecule is CCCC(C)(C)NC(=O)[C@@H]1CCCc2ccccc21. The lowest BCUT2D eigenvalue weighted by molar-refractivity contribution is -0.124. The first-order valence-corrected chi connectivity index (χ1v) is 7.43. The Labute approximate surface area is 116 Å². The van der Waals surface area contributed by atoms with Crippen LogP contribution in [0.4, 0.5) is 0 Å². The van der Waals surface area contributed by atoms with Gasteiger partial charge in [0.25, 0.3) is 0 Å². The van der Waals surface area contributed by atoms with Crippen LogP contribution in [-0.4, -0.2) is 11.4 Å². The summed E-state index contributed by atoms with van der Waals surface area (Å²) in [7, 11) is 0. The molecule has 0 spiro atoms. The lowest BCUT2D eigenvalue weighted by Crippen LogP contribution is -2.45. The number of rotatable bonds is 4. The molecule has 2 heteroatoms. The Balaban J connectivity index is 2.13. The van der Waals surface area contributed by atoms with Crippen LogP contribution in [0.1, 0.15) is 63.5 Å². The van der Waals surface area contributed by atoms with E-state index >= 15 is 0 Å². The molecule has 1 amide bonds. The zero-order chi connectivity index (χ0) is 13.9. The van der Waals surface area contributed by atoms with Crippen molar-refractivity contribution in [2.24, 2.45) is 0 Å². The molecule has 1 aliphatic rings. The van der Waals surface area contributed by atoms with Gasteiger partial charge in [-0.05, 0) is 50.7 Å². The van der Waals surface area contributed by atoms with Gasteiger partial charge in [-0.15, -0.1) is 0 Å². The number of carbonyl (C=O) groups excluding carboxylic acids is 1. The number of aryl methyl sites for hydroxylation is 1. The Bertz CT molecular complexity index is 450. The van der Waals surface area contributed by atoms with Gasteiger partial charge in [0, 0.05) is 5.54 Å². The number of fused-ring (bicyclic) bond motifs is 1. The average molecular weight is 259 g/mol. The molecule has 0 radical (unpaired) electrons. The molecule has 1 aromatic carbocycles. The number of hydrogen-bond donors (Lipinski definition) is 1. The molecule has 19 heavy (non-hydrogen) atoms. The Morgan fingerprint density at radius 2 is 2.11 bits per heavy atom. The van der Waals surface area contributed by atoms with Crippen molar-refractivity contribution in [1.29, 1.82) is 0 Å². The van der Waals surface area contributed by atoms with Crippen molar-refractivity contribution < 1.29 is 4.79 Å². The molecular weight excluding hydrogens is 234 g/mol. The highest BCUT2D eigenvalue weighted by molar-refractivity contribution is 5.84. The molecule has 2 nitrogen and oxygen atoms in total. The highest BCUT2D eigenvalue weighted by Gasteiger charge is 2.29. The minimum atomic E-state index is -0.0990. The van der Waals surface area contributed by atoms with Crippen LogP contribution in [0, 0.1) is 0 Å². The van der Waals surface area contributed by atoms with Crippen LogP contribution in [0.5, 0.6) is 0 Å². The normalized spacial score (nSPS) is 18.8. The van der Waals surface area contributed by atoms with Crippen LogP contribution in [0.25, 0.3) is 0 Å². The van der Waals surface area contributed by atoms with Gasteiger partial charge in [-0.1, -0.05) is 37.6 Å². The maximum atomic E-state index is 12.5. The van der Waals surface area contributed by atoms with E-state index in [1.807, 2.05) is 6.07 Å². The first kappa shape index (κ1) is 14.1. The summed E-state index contributed by atoms with van der Waals surface area (Å²) in [6.45, 7) is 6.38. The number of hydrogen-bond acceptors (Lipinski definition) is 1. The molecule has 1 aromatic rings. The molecule has 0 fully saturated rings. The van der Waals surface area contributed by atoms with Gasteiger partial charge in [-0.3, -0.25) is 4.79 Å². The smallest absolute Gasteiger partial charge is 0.227 e. The minimum Gasteiger partial charge on any atom is -0.351 e. The monoisotopic (exact) mass is 259 g/mol. The Morgan fingerprint density at radius 3 is 2.84 bits per heavy atom. The predicted molar refractivity (Wildman–Crippen MR) is 79.3 cm³/mol.